The van der Waals surface area contributed by atoms with Crippen molar-refractivity contribution < 1.29 is 27.8 Å². The maximum atomic E-state index is 14.5. The summed E-state index contributed by atoms with van der Waals surface area (Å²) in [6.07, 6.45) is 1.49. The molecule has 1 saturated carbocycles. The summed E-state index contributed by atoms with van der Waals surface area (Å²) in [5.74, 6) is -0.827. The van der Waals surface area contributed by atoms with E-state index in [0.29, 0.717) is 30.1 Å². The monoisotopic (exact) mass is 515 g/mol. The smallest absolute Gasteiger partial charge is 0.257 e. The van der Waals surface area contributed by atoms with E-state index in [1.165, 1.54) is 6.07 Å². The van der Waals surface area contributed by atoms with Gasteiger partial charge in [-0.15, -0.1) is 0 Å². The summed E-state index contributed by atoms with van der Waals surface area (Å²) in [5.41, 5.74) is 1.20. The molecule has 2 aromatic rings. The first-order chi connectivity index (χ1) is 17.7. The Bertz CT molecular complexity index is 1140. The molecule has 2 aromatic carbocycles. The Hall–Kier alpha value is -3.04. The zero-order valence-corrected chi connectivity index (χ0v) is 21.8. The van der Waals surface area contributed by atoms with Gasteiger partial charge in [-0.25, -0.2) is 8.78 Å². The van der Waals surface area contributed by atoms with Gasteiger partial charge in [0.05, 0.1) is 11.7 Å². The Kier molecular flexibility index (Phi) is 8.44. The molecular weight excluding hydrogens is 480 g/mol. The number of fused-ring (bicyclic) bond motifs is 1. The fourth-order valence-electron chi connectivity index (χ4n) is 4.62. The van der Waals surface area contributed by atoms with E-state index in [-0.39, 0.29) is 54.5 Å². The molecule has 0 spiro atoms. The average molecular weight is 516 g/mol. The second-order valence-corrected chi connectivity index (χ2v) is 10.2. The number of rotatable bonds is 5. The SMILES string of the molecule is CO[C@H]1CN(C)C(=O)c2ccc(NC(=O)C3CC3)cc2OC[C@@H](C)N(Cc2cc(F)ccc2F)C[C@@H]1C. The van der Waals surface area contributed by atoms with Crippen molar-refractivity contribution in [2.24, 2.45) is 11.8 Å². The molecule has 1 N–H and O–H groups in total. The third kappa shape index (κ3) is 6.64. The fraction of sp³-hybridized carbons (Fsp3) is 0.500. The second-order valence-electron chi connectivity index (χ2n) is 10.2. The van der Waals surface area contributed by atoms with Gasteiger partial charge >= 0.3 is 0 Å². The molecule has 2 amide bonds. The van der Waals surface area contributed by atoms with Gasteiger partial charge in [0.2, 0.25) is 5.91 Å². The predicted octanol–water partition coefficient (Wildman–Crippen LogP) is 4.32. The number of methoxy groups -OCH3 is 1. The van der Waals surface area contributed by atoms with Gasteiger partial charge in [0.25, 0.3) is 5.91 Å². The van der Waals surface area contributed by atoms with Gasteiger partial charge in [-0.1, -0.05) is 6.92 Å². The normalized spacial score (nSPS) is 23.5. The van der Waals surface area contributed by atoms with Crippen LogP contribution in [0.15, 0.2) is 36.4 Å². The van der Waals surface area contributed by atoms with Crippen molar-refractivity contribution in [1.29, 1.82) is 0 Å². The van der Waals surface area contributed by atoms with E-state index in [4.69, 9.17) is 9.47 Å². The van der Waals surface area contributed by atoms with Gasteiger partial charge in [0.15, 0.2) is 0 Å². The summed E-state index contributed by atoms with van der Waals surface area (Å²) in [5, 5.41) is 2.90. The molecule has 1 heterocycles. The zero-order valence-electron chi connectivity index (χ0n) is 21.8. The number of hydrogen-bond acceptors (Lipinski definition) is 5. The lowest BCUT2D eigenvalue weighted by Gasteiger charge is -2.36. The van der Waals surface area contributed by atoms with Crippen molar-refractivity contribution >= 4 is 17.5 Å². The molecule has 4 rings (SSSR count). The highest BCUT2D eigenvalue weighted by Gasteiger charge is 2.31. The molecule has 0 aromatic heterocycles. The minimum atomic E-state index is -0.493. The molecule has 2 aliphatic rings. The third-order valence-corrected chi connectivity index (χ3v) is 7.17. The molecular formula is C28H35F2N3O4. The molecule has 200 valence electrons. The van der Waals surface area contributed by atoms with Gasteiger partial charge in [-0.05, 0) is 56.0 Å². The minimum Gasteiger partial charge on any atom is -0.491 e. The van der Waals surface area contributed by atoms with Crippen LogP contribution in [-0.2, 0) is 16.1 Å². The maximum Gasteiger partial charge on any atom is 0.257 e. The van der Waals surface area contributed by atoms with E-state index < -0.39 is 11.6 Å². The number of halogens is 2. The van der Waals surface area contributed by atoms with E-state index in [1.807, 2.05) is 18.7 Å². The largest absolute Gasteiger partial charge is 0.491 e. The first kappa shape index (κ1) is 27.0. The highest BCUT2D eigenvalue weighted by atomic mass is 19.1. The third-order valence-electron chi connectivity index (χ3n) is 7.17. The summed E-state index contributed by atoms with van der Waals surface area (Å²) in [7, 11) is 3.32. The fourth-order valence-corrected chi connectivity index (χ4v) is 4.62. The Morgan fingerprint density at radius 2 is 1.89 bits per heavy atom. The number of carbonyl (C=O) groups is 2. The van der Waals surface area contributed by atoms with Crippen LogP contribution in [0.2, 0.25) is 0 Å². The van der Waals surface area contributed by atoms with E-state index in [9.17, 15) is 18.4 Å². The van der Waals surface area contributed by atoms with Crippen LogP contribution in [0.25, 0.3) is 0 Å². The van der Waals surface area contributed by atoms with E-state index in [2.05, 4.69) is 5.32 Å². The Morgan fingerprint density at radius 3 is 2.59 bits per heavy atom. The van der Waals surface area contributed by atoms with Gasteiger partial charge in [0.1, 0.15) is 24.0 Å². The lowest BCUT2D eigenvalue weighted by atomic mass is 10.0. The van der Waals surface area contributed by atoms with Crippen LogP contribution in [0.3, 0.4) is 0 Å². The van der Waals surface area contributed by atoms with Crippen LogP contribution in [0.5, 0.6) is 5.75 Å². The Labute approximate surface area is 216 Å². The number of nitrogens with one attached hydrogen (secondary N) is 1. The standard InChI is InChI=1S/C28H35F2N3O4/c1-17-13-33(14-20-11-21(29)7-10-24(20)30)18(2)16-37-25-12-22(31-27(34)19-5-6-19)8-9-23(25)28(35)32(3)15-26(17)36-4/h7-12,17-19,26H,5-6,13-16H2,1-4H3,(H,31,34)/t17-,18+,26-/m0/s1. The molecule has 0 saturated heterocycles. The van der Waals surface area contributed by atoms with E-state index in [0.717, 1.165) is 25.0 Å². The van der Waals surface area contributed by atoms with Gasteiger partial charge in [-0.2, -0.15) is 0 Å². The summed E-state index contributed by atoms with van der Waals surface area (Å²) >= 11 is 0. The van der Waals surface area contributed by atoms with Gasteiger partial charge < -0.3 is 19.7 Å². The molecule has 1 fully saturated rings. The number of anilines is 1. The summed E-state index contributed by atoms with van der Waals surface area (Å²) in [6.45, 7) is 5.21. The molecule has 0 unspecified atom stereocenters. The van der Waals surface area contributed by atoms with Crippen LogP contribution in [0.1, 0.15) is 42.6 Å². The van der Waals surface area contributed by atoms with Gasteiger partial charge in [-0.3, -0.25) is 14.5 Å². The topological polar surface area (TPSA) is 71.1 Å². The first-order valence-electron chi connectivity index (χ1n) is 12.7. The molecule has 0 radical (unpaired) electrons. The van der Waals surface area contributed by atoms with Crippen molar-refractivity contribution in [2.45, 2.75) is 45.4 Å². The minimum absolute atomic E-state index is 0.0155. The van der Waals surface area contributed by atoms with Crippen molar-refractivity contribution in [3.8, 4) is 5.75 Å². The number of likely N-dealkylation sites (N-methyl/N-ethyl adjacent to an activating group) is 1. The van der Waals surface area contributed by atoms with E-state index in [1.54, 1.807) is 37.3 Å². The lowest BCUT2D eigenvalue weighted by molar-refractivity contribution is -0.117. The average Bonchev–Trinajstić information content (AvgIpc) is 3.72. The molecule has 7 nitrogen and oxygen atoms in total. The van der Waals surface area contributed by atoms with Crippen LogP contribution in [-0.4, -0.2) is 67.6 Å². The first-order valence-corrected chi connectivity index (χ1v) is 12.7. The molecule has 0 bridgehead atoms. The maximum absolute atomic E-state index is 14.5. The molecule has 37 heavy (non-hydrogen) atoms. The zero-order chi connectivity index (χ0) is 26.7. The highest BCUT2D eigenvalue weighted by Crippen LogP contribution is 2.32. The quantitative estimate of drug-likeness (QED) is 0.642. The molecule has 9 heteroatoms. The van der Waals surface area contributed by atoms with Crippen molar-refractivity contribution in [2.75, 3.05) is 39.2 Å². The van der Waals surface area contributed by atoms with Crippen molar-refractivity contribution in [3.05, 3.63) is 59.2 Å². The number of carbonyl (C=O) groups excluding carboxylic acids is 2. The summed E-state index contributed by atoms with van der Waals surface area (Å²) < 4.78 is 40.3. The molecule has 1 aliphatic carbocycles. The Morgan fingerprint density at radius 1 is 1.14 bits per heavy atom. The molecule has 3 atom stereocenters. The van der Waals surface area contributed by atoms with Crippen molar-refractivity contribution in [1.82, 2.24) is 9.80 Å². The summed E-state index contributed by atoms with van der Waals surface area (Å²) in [4.78, 5) is 29.3. The van der Waals surface area contributed by atoms with Crippen LogP contribution in [0.4, 0.5) is 14.5 Å². The number of hydrogen-bond donors (Lipinski definition) is 1. The number of amides is 2. The van der Waals surface area contributed by atoms with Gasteiger partial charge in [0, 0.05) is 63.1 Å². The second kappa shape index (κ2) is 11.6. The van der Waals surface area contributed by atoms with Crippen molar-refractivity contribution in [3.63, 3.8) is 0 Å². The number of ether oxygens (including phenoxy) is 2. The van der Waals surface area contributed by atoms with E-state index >= 15 is 0 Å². The number of benzene rings is 2. The lowest BCUT2D eigenvalue weighted by Crippen LogP contribution is -2.46. The summed E-state index contributed by atoms with van der Waals surface area (Å²) in [6, 6.07) is 8.30. The molecule has 1 aliphatic heterocycles. The predicted molar refractivity (Wildman–Crippen MR) is 136 cm³/mol. The highest BCUT2D eigenvalue weighted by molar-refractivity contribution is 5.99. The van der Waals surface area contributed by atoms with Crippen LogP contribution >= 0.6 is 0 Å². The van der Waals surface area contributed by atoms with Crippen LogP contribution < -0.4 is 10.1 Å². The van der Waals surface area contributed by atoms with Crippen LogP contribution in [0, 0.1) is 23.5 Å². The Balaban J connectivity index is 1.64. The number of nitrogens with zero attached hydrogens (tertiary/aromatic N) is 2.